The Morgan fingerprint density at radius 1 is 0.657 bits per heavy atom. The summed E-state index contributed by atoms with van der Waals surface area (Å²) in [6, 6.07) is 30.1. The summed E-state index contributed by atoms with van der Waals surface area (Å²) in [6.45, 7) is 3.73. The van der Waals surface area contributed by atoms with Crippen LogP contribution >= 0.6 is 0 Å². The lowest BCUT2D eigenvalue weighted by Crippen LogP contribution is -2.60. The molecule has 3 aromatic rings. The number of aliphatic hydroxyl groups excluding tert-OH is 1. The molecule has 5 nitrogen and oxygen atoms in total. The van der Waals surface area contributed by atoms with E-state index in [1.54, 1.807) is 0 Å². The van der Waals surface area contributed by atoms with Gasteiger partial charge in [-0.1, -0.05) is 104 Å². The van der Waals surface area contributed by atoms with Gasteiger partial charge >= 0.3 is 0 Å². The average Bonchev–Trinajstić information content (AvgIpc) is 2.90. The Labute approximate surface area is 208 Å². The number of aliphatic hydroxyl groups is 1. The van der Waals surface area contributed by atoms with Crippen LogP contribution < -0.4 is 0 Å². The summed E-state index contributed by atoms with van der Waals surface area (Å²) in [5.74, 6) is 0. The van der Waals surface area contributed by atoms with E-state index in [9.17, 15) is 5.11 Å². The highest BCUT2D eigenvalue weighted by molar-refractivity contribution is 5.15. The molecule has 0 bridgehead atoms. The van der Waals surface area contributed by atoms with Crippen molar-refractivity contribution in [3.8, 4) is 0 Å². The van der Waals surface area contributed by atoms with Gasteiger partial charge in [0.2, 0.25) is 0 Å². The van der Waals surface area contributed by atoms with Gasteiger partial charge in [-0.05, 0) is 23.1 Å². The average molecular weight is 477 g/mol. The van der Waals surface area contributed by atoms with E-state index < -0.39 is 18.3 Å². The molecule has 0 radical (unpaired) electrons. The van der Waals surface area contributed by atoms with Crippen molar-refractivity contribution in [2.24, 2.45) is 0 Å². The van der Waals surface area contributed by atoms with E-state index >= 15 is 0 Å². The fourth-order valence-corrected chi connectivity index (χ4v) is 4.45. The van der Waals surface area contributed by atoms with Gasteiger partial charge in [0.05, 0.1) is 32.5 Å². The van der Waals surface area contributed by atoms with Gasteiger partial charge in [0, 0.05) is 0 Å². The number of hydrogen-bond donors (Lipinski definition) is 1. The topological polar surface area (TPSA) is 57.2 Å². The highest BCUT2D eigenvalue weighted by Gasteiger charge is 2.46. The zero-order valence-electron chi connectivity index (χ0n) is 20.4. The van der Waals surface area contributed by atoms with Gasteiger partial charge in [0.1, 0.15) is 24.4 Å². The van der Waals surface area contributed by atoms with E-state index in [1.807, 2.05) is 91.0 Å². The third kappa shape index (κ3) is 7.47. The van der Waals surface area contributed by atoms with Gasteiger partial charge in [0.15, 0.2) is 0 Å². The molecule has 1 aliphatic rings. The zero-order chi connectivity index (χ0) is 24.3. The molecule has 0 unspecified atom stereocenters. The molecule has 0 amide bonds. The molecule has 1 saturated heterocycles. The molecule has 1 N–H and O–H groups in total. The maximum atomic E-state index is 11.3. The molecule has 0 saturated carbocycles. The summed E-state index contributed by atoms with van der Waals surface area (Å²) in [7, 11) is 0. The Hall–Kier alpha value is -2.54. The van der Waals surface area contributed by atoms with Crippen LogP contribution in [-0.4, -0.2) is 42.2 Å². The highest BCUT2D eigenvalue weighted by atomic mass is 16.6. The van der Waals surface area contributed by atoms with Crippen molar-refractivity contribution < 1.29 is 24.1 Å². The highest BCUT2D eigenvalue weighted by Crippen LogP contribution is 2.30. The second kappa shape index (κ2) is 13.5. The molecule has 0 aliphatic carbocycles. The smallest absolute Gasteiger partial charge is 0.115 e. The molecule has 0 spiro atoms. The monoisotopic (exact) mass is 476 g/mol. The Morgan fingerprint density at radius 3 is 1.66 bits per heavy atom. The maximum absolute atomic E-state index is 11.3. The number of benzene rings is 3. The standard InChI is InChI=1S/C30H36O5/c1-2-12-26-28(31)30(34-21-25-17-10-5-11-18-25)29(33-20-24-15-8-4-9-16-24)27(35-26)22-32-19-23-13-6-3-7-14-23/h3-11,13-18,26-31H,2,12,19-22H2,1H3/t26-,27+,28-,29-,30+/m0/s1. The van der Waals surface area contributed by atoms with Gasteiger partial charge in [-0.3, -0.25) is 0 Å². The fourth-order valence-electron chi connectivity index (χ4n) is 4.45. The molecule has 5 atom stereocenters. The van der Waals surface area contributed by atoms with E-state index in [1.165, 1.54) is 0 Å². The first-order valence-corrected chi connectivity index (χ1v) is 12.5. The third-order valence-electron chi connectivity index (χ3n) is 6.29. The van der Waals surface area contributed by atoms with Crippen LogP contribution in [0.25, 0.3) is 0 Å². The van der Waals surface area contributed by atoms with Crippen molar-refractivity contribution in [3.05, 3.63) is 108 Å². The van der Waals surface area contributed by atoms with Gasteiger partial charge < -0.3 is 24.1 Å². The second-order valence-corrected chi connectivity index (χ2v) is 9.02. The van der Waals surface area contributed by atoms with Gasteiger partial charge in [-0.2, -0.15) is 0 Å². The summed E-state index contributed by atoms with van der Waals surface area (Å²) in [4.78, 5) is 0. The number of hydrogen-bond acceptors (Lipinski definition) is 5. The molecular formula is C30H36O5. The molecule has 186 valence electrons. The zero-order valence-corrected chi connectivity index (χ0v) is 20.4. The minimum atomic E-state index is -0.787. The van der Waals surface area contributed by atoms with Crippen LogP contribution in [0.15, 0.2) is 91.0 Å². The summed E-state index contributed by atoms with van der Waals surface area (Å²) in [5.41, 5.74) is 3.22. The molecule has 4 rings (SSSR count). The predicted molar refractivity (Wildman–Crippen MR) is 136 cm³/mol. The second-order valence-electron chi connectivity index (χ2n) is 9.02. The summed E-state index contributed by atoms with van der Waals surface area (Å²) >= 11 is 0. The quantitative estimate of drug-likeness (QED) is 0.384. The van der Waals surface area contributed by atoms with Crippen LogP contribution in [0, 0.1) is 0 Å². The molecule has 1 heterocycles. The number of ether oxygens (including phenoxy) is 4. The van der Waals surface area contributed by atoms with Crippen molar-refractivity contribution in [3.63, 3.8) is 0 Å². The van der Waals surface area contributed by atoms with Crippen LogP contribution in [0.5, 0.6) is 0 Å². The lowest BCUT2D eigenvalue weighted by Gasteiger charge is -2.44. The van der Waals surface area contributed by atoms with Crippen molar-refractivity contribution in [2.75, 3.05) is 6.61 Å². The van der Waals surface area contributed by atoms with Crippen LogP contribution in [0.1, 0.15) is 36.5 Å². The van der Waals surface area contributed by atoms with Crippen molar-refractivity contribution in [1.29, 1.82) is 0 Å². The minimum absolute atomic E-state index is 0.331. The Balaban J connectivity index is 1.50. The predicted octanol–water partition coefficient (Wildman–Crippen LogP) is 5.30. The first kappa shape index (κ1) is 25.5. The van der Waals surface area contributed by atoms with Crippen LogP contribution in [0.3, 0.4) is 0 Å². The molecule has 5 heteroatoms. The number of rotatable bonds is 12. The van der Waals surface area contributed by atoms with Crippen molar-refractivity contribution in [1.82, 2.24) is 0 Å². The van der Waals surface area contributed by atoms with E-state index in [2.05, 4.69) is 6.92 Å². The van der Waals surface area contributed by atoms with Crippen LogP contribution in [0.4, 0.5) is 0 Å². The van der Waals surface area contributed by atoms with Crippen LogP contribution in [0.2, 0.25) is 0 Å². The van der Waals surface area contributed by atoms with E-state index in [4.69, 9.17) is 18.9 Å². The summed E-state index contributed by atoms with van der Waals surface area (Å²) < 4.78 is 25.2. The first-order chi connectivity index (χ1) is 17.2. The Morgan fingerprint density at radius 2 is 1.14 bits per heavy atom. The van der Waals surface area contributed by atoms with E-state index in [0.29, 0.717) is 26.4 Å². The molecule has 3 aromatic carbocycles. The van der Waals surface area contributed by atoms with E-state index in [0.717, 1.165) is 29.5 Å². The lowest BCUT2D eigenvalue weighted by molar-refractivity contribution is -0.262. The largest absolute Gasteiger partial charge is 0.388 e. The summed E-state index contributed by atoms with van der Waals surface area (Å²) in [5, 5.41) is 11.3. The van der Waals surface area contributed by atoms with Gasteiger partial charge in [0.25, 0.3) is 0 Å². The normalized spacial score (nSPS) is 24.3. The fraction of sp³-hybridized carbons (Fsp3) is 0.400. The summed E-state index contributed by atoms with van der Waals surface area (Å²) in [6.07, 6.45) is -0.837. The van der Waals surface area contributed by atoms with E-state index in [-0.39, 0.29) is 12.2 Å². The molecule has 35 heavy (non-hydrogen) atoms. The Kier molecular flexibility index (Phi) is 9.87. The lowest BCUT2D eigenvalue weighted by atomic mass is 9.92. The van der Waals surface area contributed by atoms with Gasteiger partial charge in [-0.25, -0.2) is 0 Å². The third-order valence-corrected chi connectivity index (χ3v) is 6.29. The first-order valence-electron chi connectivity index (χ1n) is 12.5. The van der Waals surface area contributed by atoms with Gasteiger partial charge in [-0.15, -0.1) is 0 Å². The maximum Gasteiger partial charge on any atom is 0.115 e. The molecule has 1 fully saturated rings. The molecular weight excluding hydrogens is 440 g/mol. The SMILES string of the molecule is CCC[C@@H]1O[C@H](COCc2ccccc2)[C@H](OCc2ccccc2)[C@H](OCc2ccccc2)[C@H]1O. The minimum Gasteiger partial charge on any atom is -0.388 e. The van der Waals surface area contributed by atoms with Crippen LogP contribution in [-0.2, 0) is 38.8 Å². The Bertz CT molecular complexity index is 966. The van der Waals surface area contributed by atoms with Crippen molar-refractivity contribution >= 4 is 0 Å². The molecule has 0 aromatic heterocycles. The molecule has 1 aliphatic heterocycles. The van der Waals surface area contributed by atoms with Crippen molar-refractivity contribution in [2.45, 2.75) is 70.1 Å².